The fourth-order valence-corrected chi connectivity index (χ4v) is 4.52. The van der Waals surface area contributed by atoms with Crippen molar-refractivity contribution in [2.75, 3.05) is 13.1 Å². The number of hydrogen-bond donors (Lipinski definition) is 2. The van der Waals surface area contributed by atoms with Gasteiger partial charge in [0.15, 0.2) is 0 Å². The highest BCUT2D eigenvalue weighted by Gasteiger charge is 2.45. The van der Waals surface area contributed by atoms with Gasteiger partial charge in [-0.15, -0.1) is 0 Å². The highest BCUT2D eigenvalue weighted by Crippen LogP contribution is 2.28. The number of hydrogen-bond acceptors (Lipinski definition) is 4. The molecule has 1 heterocycles. The summed E-state index contributed by atoms with van der Waals surface area (Å²) in [6.07, 6.45) is 0. The van der Waals surface area contributed by atoms with Crippen molar-refractivity contribution < 1.29 is 13.2 Å². The zero-order valence-electron chi connectivity index (χ0n) is 11.8. The van der Waals surface area contributed by atoms with E-state index in [1.807, 2.05) is 0 Å². The van der Waals surface area contributed by atoms with Crippen LogP contribution in [0, 0.1) is 0 Å². The molecule has 0 aliphatic carbocycles. The summed E-state index contributed by atoms with van der Waals surface area (Å²) in [5.74, 6) is -0.329. The van der Waals surface area contributed by atoms with E-state index in [2.05, 4.69) is 5.32 Å². The van der Waals surface area contributed by atoms with Crippen molar-refractivity contribution in [3.8, 4) is 0 Å². The summed E-state index contributed by atoms with van der Waals surface area (Å²) in [5, 5.41) is 2.67. The molecule has 1 aliphatic rings. The number of thiocarbonyl (C=S) groups is 1. The van der Waals surface area contributed by atoms with E-state index in [1.54, 1.807) is 32.0 Å². The number of rotatable bonds is 3. The van der Waals surface area contributed by atoms with Gasteiger partial charge < -0.3 is 11.1 Å². The second kappa shape index (κ2) is 5.36. The smallest absolute Gasteiger partial charge is 0.244 e. The maximum absolute atomic E-state index is 12.9. The molecule has 1 amide bonds. The van der Waals surface area contributed by atoms with Crippen molar-refractivity contribution in [2.45, 2.75) is 24.3 Å². The predicted molar refractivity (Wildman–Crippen MR) is 83.3 cm³/mol. The van der Waals surface area contributed by atoms with E-state index in [0.29, 0.717) is 0 Å². The maximum atomic E-state index is 12.9. The summed E-state index contributed by atoms with van der Waals surface area (Å²) in [6, 6.07) is 6.28. The van der Waals surface area contributed by atoms with Crippen molar-refractivity contribution in [1.29, 1.82) is 0 Å². The molecular formula is C13H17N3O3S2. The molecule has 0 bridgehead atoms. The van der Waals surface area contributed by atoms with E-state index >= 15 is 0 Å². The van der Waals surface area contributed by atoms with Gasteiger partial charge in [0.05, 0.1) is 4.90 Å². The molecule has 1 saturated heterocycles. The standard InChI is InChI=1S/C13H17N3O3S2/c1-13(2)12(17)15-7-8-16(13)21(18,19)10-6-4-3-5-9(10)11(14)20/h3-6H,7-8H2,1-2H3,(H2,14,20)(H,15,17). The van der Waals surface area contributed by atoms with Crippen molar-refractivity contribution in [3.05, 3.63) is 29.8 Å². The normalized spacial score (nSPS) is 19.0. The predicted octanol–water partition coefficient (Wildman–Crippen LogP) is 0.220. The molecule has 0 aromatic heterocycles. The topological polar surface area (TPSA) is 92.5 Å². The fourth-order valence-electron chi connectivity index (χ4n) is 2.31. The Labute approximate surface area is 129 Å². The Hall–Kier alpha value is -1.51. The first-order valence-electron chi connectivity index (χ1n) is 6.39. The van der Waals surface area contributed by atoms with Crippen LogP contribution in [0.15, 0.2) is 29.2 Å². The van der Waals surface area contributed by atoms with Crippen molar-refractivity contribution in [1.82, 2.24) is 9.62 Å². The third-order valence-corrected chi connectivity index (χ3v) is 5.85. The molecule has 21 heavy (non-hydrogen) atoms. The largest absolute Gasteiger partial charge is 0.389 e. The number of nitrogens with zero attached hydrogens (tertiary/aromatic N) is 1. The second-order valence-electron chi connectivity index (χ2n) is 5.25. The van der Waals surface area contributed by atoms with Crippen molar-refractivity contribution in [3.63, 3.8) is 0 Å². The molecule has 8 heteroatoms. The Balaban J connectivity index is 2.58. The minimum atomic E-state index is -3.87. The molecule has 0 saturated carbocycles. The summed E-state index contributed by atoms with van der Waals surface area (Å²) < 4.78 is 27.0. The molecule has 1 aromatic carbocycles. The molecule has 3 N–H and O–H groups in total. The van der Waals surface area contributed by atoms with E-state index in [-0.39, 0.29) is 34.4 Å². The third kappa shape index (κ3) is 2.66. The summed E-state index contributed by atoms with van der Waals surface area (Å²) in [4.78, 5) is 12.0. The van der Waals surface area contributed by atoms with Crippen LogP contribution in [-0.4, -0.2) is 42.2 Å². The molecule has 2 rings (SSSR count). The van der Waals surface area contributed by atoms with Crippen LogP contribution >= 0.6 is 12.2 Å². The number of nitrogens with one attached hydrogen (secondary N) is 1. The number of piperazine rings is 1. The molecular weight excluding hydrogens is 310 g/mol. The van der Waals surface area contributed by atoms with Crippen LogP contribution in [0.25, 0.3) is 0 Å². The van der Waals surface area contributed by atoms with E-state index in [9.17, 15) is 13.2 Å². The molecule has 1 aromatic rings. The lowest BCUT2D eigenvalue weighted by Gasteiger charge is -2.40. The first-order chi connectivity index (χ1) is 9.69. The van der Waals surface area contributed by atoms with Crippen LogP contribution in [0.2, 0.25) is 0 Å². The van der Waals surface area contributed by atoms with Crippen LogP contribution in [0.3, 0.4) is 0 Å². The van der Waals surface area contributed by atoms with E-state index in [4.69, 9.17) is 18.0 Å². The zero-order chi connectivity index (χ0) is 15.8. The first-order valence-corrected chi connectivity index (χ1v) is 8.24. The lowest BCUT2D eigenvalue weighted by molar-refractivity contribution is -0.131. The minimum absolute atomic E-state index is 0.00782. The number of carbonyl (C=O) groups is 1. The van der Waals surface area contributed by atoms with Gasteiger partial charge in [0.25, 0.3) is 0 Å². The summed E-state index contributed by atoms with van der Waals surface area (Å²) in [5.41, 5.74) is 4.73. The van der Waals surface area contributed by atoms with Crippen molar-refractivity contribution in [2.24, 2.45) is 5.73 Å². The monoisotopic (exact) mass is 327 g/mol. The summed E-state index contributed by atoms with van der Waals surface area (Å²) in [6.45, 7) is 3.62. The number of sulfonamides is 1. The van der Waals surface area contributed by atoms with Crippen LogP contribution in [0.1, 0.15) is 19.4 Å². The molecule has 6 nitrogen and oxygen atoms in total. The fraction of sp³-hybridized carbons (Fsp3) is 0.385. The average molecular weight is 327 g/mol. The summed E-state index contributed by atoms with van der Waals surface area (Å²) >= 11 is 4.92. The molecule has 0 unspecified atom stereocenters. The first kappa shape index (κ1) is 15.9. The molecule has 1 fully saturated rings. The van der Waals surface area contributed by atoms with Crippen LogP contribution in [0.5, 0.6) is 0 Å². The SMILES string of the molecule is CC1(C)C(=O)NCCN1S(=O)(=O)c1ccccc1C(N)=S. The Morgan fingerprint density at radius 2 is 2.00 bits per heavy atom. The second-order valence-corrected chi connectivity index (χ2v) is 7.52. The van der Waals surface area contributed by atoms with Gasteiger partial charge in [-0.1, -0.05) is 30.4 Å². The maximum Gasteiger partial charge on any atom is 0.244 e. The van der Waals surface area contributed by atoms with Crippen LogP contribution < -0.4 is 11.1 Å². The summed E-state index contributed by atoms with van der Waals surface area (Å²) in [7, 11) is -3.87. The highest BCUT2D eigenvalue weighted by atomic mass is 32.2. The number of nitrogens with two attached hydrogens (primary N) is 1. The van der Waals surface area contributed by atoms with E-state index < -0.39 is 15.6 Å². The average Bonchev–Trinajstić information content (AvgIpc) is 2.41. The number of carbonyl (C=O) groups excluding carboxylic acids is 1. The zero-order valence-corrected chi connectivity index (χ0v) is 13.4. The minimum Gasteiger partial charge on any atom is -0.389 e. The molecule has 1 aliphatic heterocycles. The van der Waals surface area contributed by atoms with Gasteiger partial charge in [-0.3, -0.25) is 4.79 Å². The van der Waals surface area contributed by atoms with Crippen LogP contribution in [0.4, 0.5) is 0 Å². The number of benzene rings is 1. The lowest BCUT2D eigenvalue weighted by Crippen LogP contribution is -2.63. The lowest BCUT2D eigenvalue weighted by atomic mass is 10.0. The van der Waals surface area contributed by atoms with Gasteiger partial charge in [0.2, 0.25) is 15.9 Å². The van der Waals surface area contributed by atoms with E-state index in [1.165, 1.54) is 10.4 Å². The van der Waals surface area contributed by atoms with Gasteiger partial charge in [0.1, 0.15) is 10.5 Å². The highest BCUT2D eigenvalue weighted by molar-refractivity contribution is 7.89. The Bertz CT molecular complexity index is 698. The third-order valence-electron chi connectivity index (χ3n) is 3.50. The van der Waals surface area contributed by atoms with Gasteiger partial charge in [0, 0.05) is 18.7 Å². The van der Waals surface area contributed by atoms with Gasteiger partial charge in [-0.2, -0.15) is 4.31 Å². The van der Waals surface area contributed by atoms with E-state index in [0.717, 1.165) is 0 Å². The number of amides is 1. The molecule has 0 atom stereocenters. The Morgan fingerprint density at radius 1 is 1.38 bits per heavy atom. The van der Waals surface area contributed by atoms with Gasteiger partial charge in [-0.05, 0) is 19.9 Å². The molecule has 114 valence electrons. The van der Waals surface area contributed by atoms with Gasteiger partial charge in [-0.25, -0.2) is 8.42 Å². The Morgan fingerprint density at radius 3 is 2.62 bits per heavy atom. The van der Waals surface area contributed by atoms with Crippen molar-refractivity contribution >= 4 is 33.1 Å². The quantitative estimate of drug-likeness (QED) is 0.775. The Kier molecular flexibility index (Phi) is 4.05. The molecule has 0 radical (unpaired) electrons. The van der Waals surface area contributed by atoms with Gasteiger partial charge >= 0.3 is 0 Å². The van der Waals surface area contributed by atoms with Crippen LogP contribution in [-0.2, 0) is 14.8 Å². The molecule has 0 spiro atoms.